The van der Waals surface area contributed by atoms with Crippen LogP contribution >= 0.6 is 0 Å². The third-order valence-electron chi connectivity index (χ3n) is 5.33. The molecule has 9 nitrogen and oxygen atoms in total. The molecular weight excluding hydrogens is 410 g/mol. The summed E-state index contributed by atoms with van der Waals surface area (Å²) in [6, 6.07) is 13.8. The van der Waals surface area contributed by atoms with E-state index < -0.39 is 11.2 Å². The molecule has 1 aliphatic heterocycles. The van der Waals surface area contributed by atoms with Gasteiger partial charge in [0.25, 0.3) is 0 Å². The zero-order valence-electron chi connectivity index (χ0n) is 18.3. The van der Waals surface area contributed by atoms with Gasteiger partial charge in [0, 0.05) is 71.0 Å². The van der Waals surface area contributed by atoms with E-state index in [2.05, 4.69) is 20.9 Å². The molecule has 1 unspecified atom stereocenters. The highest BCUT2D eigenvalue weighted by molar-refractivity contribution is 5.89. The molecule has 1 atom stereocenters. The SMILES string of the molecule is O=C(OCc1ccc([NH+]([O-])O)cc1)c1ccc(CN2CCNCCNCCNCC2)cc1. The van der Waals surface area contributed by atoms with Gasteiger partial charge in [0.2, 0.25) is 0 Å². The van der Waals surface area contributed by atoms with Crippen LogP contribution in [0, 0.1) is 5.21 Å². The van der Waals surface area contributed by atoms with E-state index in [1.165, 1.54) is 12.1 Å². The Morgan fingerprint density at radius 2 is 1.41 bits per heavy atom. The smallest absolute Gasteiger partial charge is 0.338 e. The molecule has 174 valence electrons. The standard InChI is InChI=1S/C23H33N5O4/c29-23(32-18-20-3-7-22(8-4-20)28(30)31)21-5-1-19(2-6-21)17-27-15-13-25-11-9-24-10-12-26-14-16-27/h1-8,24-26,28,30H,9-18H2. The van der Waals surface area contributed by atoms with Crippen molar-refractivity contribution in [2.45, 2.75) is 13.2 Å². The fraction of sp³-hybridized carbons (Fsp3) is 0.435. The van der Waals surface area contributed by atoms with Gasteiger partial charge in [-0.2, -0.15) is 5.23 Å². The predicted octanol–water partition coefficient (Wildman–Crippen LogP) is 0.0314. The average molecular weight is 444 g/mol. The van der Waals surface area contributed by atoms with E-state index in [1.807, 2.05) is 12.1 Å². The van der Waals surface area contributed by atoms with Crippen LogP contribution in [0.1, 0.15) is 21.5 Å². The number of hydrogen-bond donors (Lipinski definition) is 5. The van der Waals surface area contributed by atoms with Gasteiger partial charge >= 0.3 is 5.97 Å². The Kier molecular flexibility index (Phi) is 10.0. The molecule has 2 aromatic rings. The van der Waals surface area contributed by atoms with Crippen LogP contribution in [-0.2, 0) is 17.9 Å². The molecule has 5 N–H and O–H groups in total. The van der Waals surface area contributed by atoms with Crippen molar-refractivity contribution in [3.05, 3.63) is 70.4 Å². The van der Waals surface area contributed by atoms with Gasteiger partial charge in [-0.15, -0.1) is 0 Å². The van der Waals surface area contributed by atoms with E-state index in [-0.39, 0.29) is 12.3 Å². The van der Waals surface area contributed by atoms with Crippen molar-refractivity contribution in [2.75, 3.05) is 52.4 Å². The second-order valence-electron chi connectivity index (χ2n) is 7.80. The molecule has 0 amide bonds. The first kappa shape index (κ1) is 24.3. The number of ether oxygens (including phenoxy) is 1. The van der Waals surface area contributed by atoms with E-state index >= 15 is 0 Å². The van der Waals surface area contributed by atoms with Crippen LogP contribution in [0.25, 0.3) is 0 Å². The fourth-order valence-corrected chi connectivity index (χ4v) is 3.45. The topological polar surface area (TPSA) is 113 Å². The highest BCUT2D eigenvalue weighted by Gasteiger charge is 2.10. The second-order valence-corrected chi connectivity index (χ2v) is 7.80. The molecule has 0 bridgehead atoms. The maximum Gasteiger partial charge on any atom is 0.338 e. The number of carbonyl (C=O) groups excluding carboxylic acids is 1. The van der Waals surface area contributed by atoms with Crippen LogP contribution in [0.2, 0.25) is 0 Å². The van der Waals surface area contributed by atoms with Crippen LogP contribution in [-0.4, -0.2) is 68.4 Å². The van der Waals surface area contributed by atoms with Crippen molar-refractivity contribution < 1.29 is 20.0 Å². The summed E-state index contributed by atoms with van der Waals surface area (Å²) in [4.78, 5) is 14.8. The molecule has 3 rings (SSSR count). The first-order valence-corrected chi connectivity index (χ1v) is 11.0. The van der Waals surface area contributed by atoms with Crippen molar-refractivity contribution >= 4 is 11.7 Å². The zero-order chi connectivity index (χ0) is 22.6. The number of rotatable bonds is 6. The summed E-state index contributed by atoms with van der Waals surface area (Å²) in [5, 5.41) is 29.2. The number of benzene rings is 2. The Labute approximate surface area is 188 Å². The zero-order valence-corrected chi connectivity index (χ0v) is 18.3. The molecule has 9 heteroatoms. The minimum Gasteiger partial charge on any atom is -0.595 e. The Morgan fingerprint density at radius 1 is 0.875 bits per heavy atom. The van der Waals surface area contributed by atoms with Crippen LogP contribution in [0.4, 0.5) is 5.69 Å². The quantitative estimate of drug-likeness (QED) is 0.314. The van der Waals surface area contributed by atoms with Gasteiger partial charge in [-0.25, -0.2) is 10.0 Å². The van der Waals surface area contributed by atoms with Crippen molar-refractivity contribution in [1.82, 2.24) is 20.9 Å². The van der Waals surface area contributed by atoms with Crippen LogP contribution < -0.4 is 21.2 Å². The van der Waals surface area contributed by atoms with Gasteiger partial charge < -0.3 is 25.9 Å². The molecule has 0 saturated carbocycles. The van der Waals surface area contributed by atoms with E-state index in [9.17, 15) is 10.0 Å². The summed E-state index contributed by atoms with van der Waals surface area (Å²) in [6.45, 7) is 8.64. The van der Waals surface area contributed by atoms with Gasteiger partial charge in [0.1, 0.15) is 6.61 Å². The third-order valence-corrected chi connectivity index (χ3v) is 5.33. The highest BCUT2D eigenvalue weighted by atomic mass is 16.8. The molecule has 32 heavy (non-hydrogen) atoms. The first-order chi connectivity index (χ1) is 15.6. The van der Waals surface area contributed by atoms with Gasteiger partial charge in [-0.05, 0) is 35.4 Å². The van der Waals surface area contributed by atoms with Gasteiger partial charge in [0.15, 0.2) is 5.69 Å². The van der Waals surface area contributed by atoms with Crippen molar-refractivity contribution in [3.8, 4) is 0 Å². The number of nitrogens with zero attached hydrogens (tertiary/aromatic N) is 1. The average Bonchev–Trinajstić information content (AvgIpc) is 2.80. The Bertz CT molecular complexity index is 802. The highest BCUT2D eigenvalue weighted by Crippen LogP contribution is 2.11. The summed E-state index contributed by atoms with van der Waals surface area (Å²) in [6.07, 6.45) is 0. The first-order valence-electron chi connectivity index (χ1n) is 11.0. The van der Waals surface area contributed by atoms with E-state index in [4.69, 9.17) is 9.94 Å². The van der Waals surface area contributed by atoms with E-state index in [0.29, 0.717) is 5.56 Å². The Morgan fingerprint density at radius 3 is 1.97 bits per heavy atom. The van der Waals surface area contributed by atoms with Crippen LogP contribution in [0.15, 0.2) is 48.5 Å². The molecule has 1 saturated heterocycles. The van der Waals surface area contributed by atoms with Crippen LogP contribution in [0.3, 0.4) is 0 Å². The van der Waals surface area contributed by atoms with Gasteiger partial charge in [-0.3, -0.25) is 4.90 Å². The lowest BCUT2D eigenvalue weighted by molar-refractivity contribution is -0.991. The number of nitrogens with one attached hydrogen (secondary N) is 4. The Hall–Kier alpha value is -2.37. The maximum absolute atomic E-state index is 12.4. The fourth-order valence-electron chi connectivity index (χ4n) is 3.45. The predicted molar refractivity (Wildman–Crippen MR) is 122 cm³/mol. The summed E-state index contributed by atoms with van der Waals surface area (Å²) in [5.41, 5.74) is 2.60. The number of hydrogen-bond acceptors (Lipinski definition) is 8. The monoisotopic (exact) mass is 443 g/mol. The summed E-state index contributed by atoms with van der Waals surface area (Å²) >= 11 is 0. The van der Waals surface area contributed by atoms with Crippen molar-refractivity contribution in [1.29, 1.82) is 0 Å². The molecule has 2 aromatic carbocycles. The molecule has 0 aliphatic carbocycles. The van der Waals surface area contributed by atoms with Crippen molar-refractivity contribution in [2.24, 2.45) is 0 Å². The molecule has 1 fully saturated rings. The molecular formula is C23H33N5O4. The molecule has 0 aromatic heterocycles. The van der Waals surface area contributed by atoms with E-state index in [0.717, 1.165) is 70.0 Å². The number of esters is 1. The lowest BCUT2D eigenvalue weighted by Crippen LogP contribution is -2.99. The third kappa shape index (κ3) is 8.29. The van der Waals surface area contributed by atoms with E-state index in [1.54, 1.807) is 24.3 Å². The normalized spacial score (nSPS) is 17.7. The minimum absolute atomic E-state index is 0.101. The number of quaternary nitrogens is 1. The van der Waals surface area contributed by atoms with Crippen molar-refractivity contribution in [3.63, 3.8) is 0 Å². The molecule has 1 aliphatic rings. The second kappa shape index (κ2) is 13.2. The lowest BCUT2D eigenvalue weighted by Gasteiger charge is -2.24. The summed E-state index contributed by atoms with van der Waals surface area (Å²) in [7, 11) is 0. The van der Waals surface area contributed by atoms with Gasteiger partial charge in [0.05, 0.1) is 5.56 Å². The lowest BCUT2D eigenvalue weighted by atomic mass is 10.1. The Balaban J connectivity index is 1.48. The van der Waals surface area contributed by atoms with Crippen LogP contribution in [0.5, 0.6) is 0 Å². The molecule has 0 radical (unpaired) electrons. The molecule has 1 heterocycles. The number of carbonyl (C=O) groups is 1. The maximum atomic E-state index is 12.4. The summed E-state index contributed by atoms with van der Waals surface area (Å²) < 4.78 is 5.36. The molecule has 0 spiro atoms. The van der Waals surface area contributed by atoms with Gasteiger partial charge in [-0.1, -0.05) is 12.1 Å². The summed E-state index contributed by atoms with van der Waals surface area (Å²) in [5.74, 6) is -0.396. The minimum atomic E-state index is -0.980. The largest absolute Gasteiger partial charge is 0.595 e.